The van der Waals surface area contributed by atoms with Gasteiger partial charge in [0.05, 0.1) is 31.5 Å². The van der Waals surface area contributed by atoms with Gasteiger partial charge in [0.15, 0.2) is 0 Å². The summed E-state index contributed by atoms with van der Waals surface area (Å²) in [6.45, 7) is 3.42. The molecule has 0 amide bonds. The Kier molecular flexibility index (Phi) is 7.22. The predicted octanol–water partition coefficient (Wildman–Crippen LogP) is 3.51. The van der Waals surface area contributed by atoms with Gasteiger partial charge in [-0.3, -0.25) is 9.78 Å². The summed E-state index contributed by atoms with van der Waals surface area (Å²) in [6.07, 6.45) is 6.59. The molecule has 2 unspecified atom stereocenters. The quantitative estimate of drug-likeness (QED) is 0.436. The van der Waals surface area contributed by atoms with Gasteiger partial charge in [-0.1, -0.05) is 17.7 Å². The van der Waals surface area contributed by atoms with Crippen molar-refractivity contribution >= 4 is 5.97 Å². The van der Waals surface area contributed by atoms with Gasteiger partial charge in [0, 0.05) is 37.4 Å². The third-order valence-electron chi connectivity index (χ3n) is 7.24. The summed E-state index contributed by atoms with van der Waals surface area (Å²) in [4.78, 5) is 25.4. The summed E-state index contributed by atoms with van der Waals surface area (Å²) in [5.41, 5.74) is 5.28. The molecule has 2 atom stereocenters. The molecule has 0 spiro atoms. The van der Waals surface area contributed by atoms with Gasteiger partial charge in [-0.25, -0.2) is 9.67 Å². The number of ether oxygens (including phenoxy) is 3. The van der Waals surface area contributed by atoms with E-state index in [1.165, 1.54) is 26.4 Å². The molecule has 1 aliphatic heterocycles. The summed E-state index contributed by atoms with van der Waals surface area (Å²) in [5, 5.41) is 8.56. The second-order valence-electron chi connectivity index (χ2n) is 9.68. The molecule has 3 aromatic rings. The predicted molar refractivity (Wildman–Crippen MR) is 130 cm³/mol. The minimum Gasteiger partial charge on any atom is -0.469 e. The molecule has 0 radical (unpaired) electrons. The second-order valence-corrected chi connectivity index (χ2v) is 9.68. The van der Waals surface area contributed by atoms with E-state index in [4.69, 9.17) is 19.2 Å². The first-order valence-corrected chi connectivity index (χ1v) is 12.5. The van der Waals surface area contributed by atoms with Gasteiger partial charge < -0.3 is 14.2 Å². The highest BCUT2D eigenvalue weighted by Gasteiger charge is 2.28. The van der Waals surface area contributed by atoms with Crippen LogP contribution in [0.2, 0.25) is 0 Å². The highest BCUT2D eigenvalue weighted by molar-refractivity contribution is 5.69. The van der Waals surface area contributed by atoms with Gasteiger partial charge in [-0.05, 0) is 49.8 Å². The van der Waals surface area contributed by atoms with Crippen LogP contribution < -0.4 is 4.74 Å². The Morgan fingerprint density at radius 1 is 1.17 bits per heavy atom. The van der Waals surface area contributed by atoms with E-state index in [1.54, 1.807) is 10.9 Å². The molecule has 10 heteroatoms. The van der Waals surface area contributed by atoms with Gasteiger partial charge in [0.25, 0.3) is 0 Å². The molecule has 36 heavy (non-hydrogen) atoms. The average Bonchev–Trinajstić information content (AvgIpc) is 3.22. The summed E-state index contributed by atoms with van der Waals surface area (Å²) >= 11 is 0. The molecule has 1 aliphatic carbocycles. The Hall–Kier alpha value is -3.40. The monoisotopic (exact) mass is 492 g/mol. The zero-order valence-corrected chi connectivity index (χ0v) is 21.0. The largest absolute Gasteiger partial charge is 0.469 e. The van der Waals surface area contributed by atoms with Crippen molar-refractivity contribution in [3.05, 3.63) is 47.0 Å². The highest BCUT2D eigenvalue weighted by atomic mass is 16.5. The highest BCUT2D eigenvalue weighted by Crippen LogP contribution is 2.36. The molecular formula is C26H32N6O4. The van der Waals surface area contributed by atoms with Crippen LogP contribution in [0.25, 0.3) is 11.4 Å². The maximum absolute atomic E-state index is 11.7. The molecule has 1 saturated carbocycles. The van der Waals surface area contributed by atoms with Crippen molar-refractivity contribution < 1.29 is 19.0 Å². The smallest absolute Gasteiger partial charge is 0.316 e. The normalized spacial score (nSPS) is 20.1. The molecule has 10 nitrogen and oxygen atoms in total. The summed E-state index contributed by atoms with van der Waals surface area (Å²) < 4.78 is 18.3. The fraction of sp³-hybridized carbons (Fsp3) is 0.538. The number of aromatic nitrogens is 6. The lowest BCUT2D eigenvalue weighted by atomic mass is 9.83. The van der Waals surface area contributed by atoms with Crippen molar-refractivity contribution in [2.24, 2.45) is 13.0 Å². The Balaban J connectivity index is 1.30. The second kappa shape index (κ2) is 10.7. The van der Waals surface area contributed by atoms with Crippen LogP contribution in [0.15, 0.2) is 24.4 Å². The van der Waals surface area contributed by atoms with Crippen LogP contribution in [0.1, 0.15) is 66.6 Å². The molecule has 0 N–H and O–H groups in total. The number of hydrogen-bond donors (Lipinski definition) is 0. The lowest BCUT2D eigenvalue weighted by Gasteiger charge is -2.29. The van der Waals surface area contributed by atoms with Crippen LogP contribution in [0.4, 0.5) is 0 Å². The third kappa shape index (κ3) is 5.23. The van der Waals surface area contributed by atoms with Crippen molar-refractivity contribution in [3.63, 3.8) is 0 Å². The average molecular weight is 493 g/mol. The first-order valence-electron chi connectivity index (χ1n) is 12.5. The van der Waals surface area contributed by atoms with Gasteiger partial charge in [-0.15, -0.1) is 5.10 Å². The summed E-state index contributed by atoms with van der Waals surface area (Å²) in [5.74, 6) is 0.635. The van der Waals surface area contributed by atoms with Crippen LogP contribution in [-0.4, -0.2) is 56.2 Å². The van der Waals surface area contributed by atoms with Crippen LogP contribution >= 0.6 is 0 Å². The van der Waals surface area contributed by atoms with Crippen molar-refractivity contribution in [3.8, 4) is 17.4 Å². The lowest BCUT2D eigenvalue weighted by Crippen LogP contribution is -2.27. The fourth-order valence-corrected chi connectivity index (χ4v) is 4.95. The van der Waals surface area contributed by atoms with Crippen molar-refractivity contribution in [2.45, 2.75) is 57.5 Å². The minimum absolute atomic E-state index is 0.143. The Bertz CT molecular complexity index is 1220. The lowest BCUT2D eigenvalue weighted by molar-refractivity contribution is -0.143. The van der Waals surface area contributed by atoms with Gasteiger partial charge >= 0.3 is 12.0 Å². The molecule has 5 rings (SSSR count). The first kappa shape index (κ1) is 24.3. The topological polar surface area (TPSA) is 114 Å². The van der Waals surface area contributed by atoms with E-state index >= 15 is 0 Å². The van der Waals surface area contributed by atoms with Crippen LogP contribution in [0.3, 0.4) is 0 Å². The van der Waals surface area contributed by atoms with Crippen molar-refractivity contribution in [1.82, 2.24) is 29.9 Å². The van der Waals surface area contributed by atoms with Crippen LogP contribution in [0.5, 0.6) is 6.01 Å². The van der Waals surface area contributed by atoms with Crippen LogP contribution in [-0.2, 0) is 27.9 Å². The van der Waals surface area contributed by atoms with Gasteiger partial charge in [0.2, 0.25) is 0 Å². The van der Waals surface area contributed by atoms with Crippen LogP contribution in [0, 0.1) is 12.8 Å². The molecule has 2 fully saturated rings. The molecular weight excluding hydrogens is 460 g/mol. The van der Waals surface area contributed by atoms with Gasteiger partial charge in [-0.2, -0.15) is 4.98 Å². The zero-order chi connectivity index (χ0) is 25.1. The van der Waals surface area contributed by atoms with E-state index in [2.05, 4.69) is 26.3 Å². The van der Waals surface area contributed by atoms with E-state index in [1.807, 2.05) is 26.1 Å². The summed E-state index contributed by atoms with van der Waals surface area (Å²) in [7, 11) is 3.25. The number of rotatable bonds is 8. The molecule has 190 valence electrons. The molecule has 3 aromatic heterocycles. The standard InChI is InChI=1S/C26H32N6O4/c1-16-20(19-11-17(13-35-14-19)12-24(33)34-3)7-8-22(28-16)25-23(32(2)31-30-25)15-36-26-27-10-9-21(29-26)18-5-4-6-18/h7-10,17-19H,4-6,11-15H2,1-3H3. The number of carbonyl (C=O) groups excluding carboxylic acids is 1. The van der Waals surface area contributed by atoms with E-state index in [-0.39, 0.29) is 24.4 Å². The SMILES string of the molecule is COC(=O)CC1COCC(c2ccc(-c3nnn(C)c3COc3nccc(C4CCC4)n3)nc2C)C1. The van der Waals surface area contributed by atoms with E-state index in [9.17, 15) is 4.79 Å². The first-order chi connectivity index (χ1) is 17.5. The molecule has 2 aliphatic rings. The molecule has 1 saturated heterocycles. The van der Waals surface area contributed by atoms with E-state index < -0.39 is 0 Å². The maximum Gasteiger partial charge on any atom is 0.316 e. The fourth-order valence-electron chi connectivity index (χ4n) is 4.95. The molecule has 0 aromatic carbocycles. The number of hydrogen-bond acceptors (Lipinski definition) is 9. The number of nitrogens with zero attached hydrogens (tertiary/aromatic N) is 6. The Morgan fingerprint density at radius 3 is 2.78 bits per heavy atom. The molecule has 4 heterocycles. The van der Waals surface area contributed by atoms with E-state index in [0.29, 0.717) is 37.3 Å². The third-order valence-corrected chi connectivity index (χ3v) is 7.24. The van der Waals surface area contributed by atoms with E-state index in [0.717, 1.165) is 34.8 Å². The number of methoxy groups -OCH3 is 1. The van der Waals surface area contributed by atoms with Gasteiger partial charge in [0.1, 0.15) is 18.0 Å². The number of pyridine rings is 1. The number of aryl methyl sites for hydroxylation is 2. The Labute approximate surface area is 210 Å². The minimum atomic E-state index is -0.202. The van der Waals surface area contributed by atoms with Crippen molar-refractivity contribution in [2.75, 3.05) is 20.3 Å². The maximum atomic E-state index is 11.7. The number of esters is 1. The zero-order valence-electron chi connectivity index (χ0n) is 21.0. The number of carbonyl (C=O) groups is 1. The molecule has 0 bridgehead atoms. The Morgan fingerprint density at radius 2 is 2.03 bits per heavy atom. The summed E-state index contributed by atoms with van der Waals surface area (Å²) in [6, 6.07) is 6.38. The van der Waals surface area contributed by atoms with Crippen molar-refractivity contribution in [1.29, 1.82) is 0 Å².